The van der Waals surface area contributed by atoms with E-state index in [1.54, 1.807) is 12.1 Å². The summed E-state index contributed by atoms with van der Waals surface area (Å²) in [6.45, 7) is 3.86. The zero-order valence-electron chi connectivity index (χ0n) is 13.6. The van der Waals surface area contributed by atoms with Gasteiger partial charge in [-0.3, -0.25) is 10.3 Å². The Morgan fingerprint density at radius 1 is 1.30 bits per heavy atom. The van der Waals surface area contributed by atoms with Gasteiger partial charge in [-0.2, -0.15) is 5.26 Å². The number of nitrogens with zero attached hydrogens (tertiary/aromatic N) is 2. The van der Waals surface area contributed by atoms with Crippen LogP contribution in [0.15, 0.2) is 29.3 Å². The fraction of sp³-hybridized carbons (Fsp3) is 0.556. The molecule has 0 aromatic heterocycles. The highest BCUT2D eigenvalue weighted by Crippen LogP contribution is 2.46. The van der Waals surface area contributed by atoms with Gasteiger partial charge >= 0.3 is 0 Å². The zero-order valence-corrected chi connectivity index (χ0v) is 14.3. The monoisotopic (exact) mass is 331 g/mol. The van der Waals surface area contributed by atoms with Gasteiger partial charge in [-0.05, 0) is 69.2 Å². The first kappa shape index (κ1) is 16.1. The van der Waals surface area contributed by atoms with Crippen molar-refractivity contribution in [3.05, 3.63) is 29.3 Å². The van der Waals surface area contributed by atoms with Crippen molar-refractivity contribution >= 4 is 17.4 Å². The van der Waals surface area contributed by atoms with Gasteiger partial charge in [0.15, 0.2) is 17.6 Å². The summed E-state index contributed by atoms with van der Waals surface area (Å²) >= 11 is 5.91. The third-order valence-electron chi connectivity index (χ3n) is 4.93. The largest absolute Gasteiger partial charge is 0.480 e. The predicted octanol–water partition coefficient (Wildman–Crippen LogP) is 4.16. The highest BCUT2D eigenvalue weighted by Gasteiger charge is 2.40. The lowest BCUT2D eigenvalue weighted by atomic mass is 9.95. The van der Waals surface area contributed by atoms with Gasteiger partial charge in [0.25, 0.3) is 0 Å². The van der Waals surface area contributed by atoms with Crippen molar-refractivity contribution in [2.75, 3.05) is 0 Å². The second-order valence-corrected chi connectivity index (χ2v) is 7.46. The van der Waals surface area contributed by atoms with E-state index in [0.29, 0.717) is 28.6 Å². The van der Waals surface area contributed by atoms with Crippen LogP contribution in [-0.2, 0) is 0 Å². The first-order valence-electron chi connectivity index (χ1n) is 8.16. The lowest BCUT2D eigenvalue weighted by Gasteiger charge is -2.29. The lowest BCUT2D eigenvalue weighted by molar-refractivity contribution is 0.178. The SMILES string of the molecule is CC(C)(Oc1ccc(Cl)cc1)C(=NC1CC2CCC1C2)NC#N. The molecular formula is C18H22ClN3O. The summed E-state index contributed by atoms with van der Waals surface area (Å²) in [6.07, 6.45) is 7.02. The maximum Gasteiger partial charge on any atom is 0.182 e. The molecule has 1 aromatic carbocycles. The Balaban J connectivity index is 1.78. The normalized spacial score (nSPS) is 26.9. The summed E-state index contributed by atoms with van der Waals surface area (Å²) in [5.74, 6) is 2.80. The van der Waals surface area contributed by atoms with E-state index in [2.05, 4.69) is 5.32 Å². The van der Waals surface area contributed by atoms with Crippen LogP contribution in [0.4, 0.5) is 0 Å². The molecule has 4 nitrogen and oxygen atoms in total. The third-order valence-corrected chi connectivity index (χ3v) is 5.18. The van der Waals surface area contributed by atoms with E-state index in [4.69, 9.17) is 26.6 Å². The Morgan fingerprint density at radius 2 is 2.04 bits per heavy atom. The highest BCUT2D eigenvalue weighted by molar-refractivity contribution is 6.30. The molecule has 0 amide bonds. The minimum absolute atomic E-state index is 0.317. The number of ether oxygens (including phenoxy) is 1. The fourth-order valence-corrected chi connectivity index (χ4v) is 3.90. The van der Waals surface area contributed by atoms with Gasteiger partial charge in [0.05, 0.1) is 6.04 Å². The van der Waals surface area contributed by atoms with Gasteiger partial charge in [-0.1, -0.05) is 18.0 Å². The molecule has 3 unspecified atom stereocenters. The first-order valence-corrected chi connectivity index (χ1v) is 8.53. The summed E-state index contributed by atoms with van der Waals surface area (Å²) < 4.78 is 6.06. The van der Waals surface area contributed by atoms with Crippen LogP contribution in [0.2, 0.25) is 5.02 Å². The second kappa shape index (κ2) is 6.41. The number of amidine groups is 1. The average Bonchev–Trinajstić information content (AvgIpc) is 3.12. The molecule has 0 spiro atoms. The van der Waals surface area contributed by atoms with Crippen molar-refractivity contribution in [2.24, 2.45) is 16.8 Å². The molecular weight excluding hydrogens is 310 g/mol. The zero-order chi connectivity index (χ0) is 16.4. The van der Waals surface area contributed by atoms with E-state index < -0.39 is 5.60 Å². The molecule has 122 valence electrons. The Labute approximate surface area is 142 Å². The van der Waals surface area contributed by atoms with Crippen LogP contribution in [0.5, 0.6) is 5.75 Å². The highest BCUT2D eigenvalue weighted by atomic mass is 35.5. The summed E-state index contributed by atoms with van der Waals surface area (Å²) in [5, 5.41) is 12.5. The van der Waals surface area contributed by atoms with Crippen molar-refractivity contribution in [1.29, 1.82) is 5.26 Å². The van der Waals surface area contributed by atoms with Crippen molar-refractivity contribution < 1.29 is 4.74 Å². The number of hydrogen-bond donors (Lipinski definition) is 1. The number of fused-ring (bicyclic) bond motifs is 2. The Kier molecular flexibility index (Phi) is 4.50. The molecule has 0 aliphatic heterocycles. The van der Waals surface area contributed by atoms with Crippen LogP contribution in [0.3, 0.4) is 0 Å². The molecule has 0 saturated heterocycles. The molecule has 3 rings (SSSR count). The number of halogens is 1. The molecule has 0 heterocycles. The van der Waals surface area contributed by atoms with Crippen LogP contribution in [0, 0.1) is 23.3 Å². The minimum Gasteiger partial charge on any atom is -0.480 e. The topological polar surface area (TPSA) is 57.4 Å². The number of nitrogens with one attached hydrogen (secondary N) is 1. The average molecular weight is 332 g/mol. The molecule has 2 bridgehead atoms. The summed E-state index contributed by atoms with van der Waals surface area (Å²) in [5.41, 5.74) is -0.703. The Morgan fingerprint density at radius 3 is 2.61 bits per heavy atom. The molecule has 0 radical (unpaired) electrons. The van der Waals surface area contributed by atoms with E-state index in [1.807, 2.05) is 32.2 Å². The van der Waals surface area contributed by atoms with Gasteiger partial charge < -0.3 is 4.74 Å². The predicted molar refractivity (Wildman–Crippen MR) is 91.6 cm³/mol. The van der Waals surface area contributed by atoms with Crippen LogP contribution in [0.25, 0.3) is 0 Å². The maximum absolute atomic E-state index is 9.09. The first-order chi connectivity index (χ1) is 11.0. The molecule has 3 atom stereocenters. The Bertz CT molecular complexity index is 633. The second-order valence-electron chi connectivity index (χ2n) is 7.02. The van der Waals surface area contributed by atoms with Crippen LogP contribution < -0.4 is 10.1 Å². The van der Waals surface area contributed by atoms with Gasteiger partial charge in [0, 0.05) is 5.02 Å². The van der Waals surface area contributed by atoms with Crippen LogP contribution in [-0.4, -0.2) is 17.5 Å². The van der Waals surface area contributed by atoms with Crippen molar-refractivity contribution in [2.45, 2.75) is 51.2 Å². The van der Waals surface area contributed by atoms with Crippen molar-refractivity contribution in [3.63, 3.8) is 0 Å². The van der Waals surface area contributed by atoms with E-state index in [0.717, 1.165) is 12.3 Å². The summed E-state index contributed by atoms with van der Waals surface area (Å²) in [4.78, 5) is 4.87. The minimum atomic E-state index is -0.703. The maximum atomic E-state index is 9.09. The number of rotatable bonds is 4. The molecule has 2 aliphatic carbocycles. The molecule has 2 aliphatic rings. The number of aliphatic imine (C=N–C) groups is 1. The van der Waals surface area contributed by atoms with Gasteiger partial charge in [-0.25, -0.2) is 0 Å². The molecule has 5 heteroatoms. The third kappa shape index (κ3) is 3.61. The number of hydrogen-bond acceptors (Lipinski definition) is 3. The fourth-order valence-electron chi connectivity index (χ4n) is 3.77. The van der Waals surface area contributed by atoms with Gasteiger partial charge in [-0.15, -0.1) is 0 Å². The lowest BCUT2D eigenvalue weighted by Crippen LogP contribution is -2.46. The van der Waals surface area contributed by atoms with E-state index in [9.17, 15) is 0 Å². The van der Waals surface area contributed by atoms with Crippen molar-refractivity contribution in [1.82, 2.24) is 5.32 Å². The number of benzene rings is 1. The quantitative estimate of drug-likeness (QED) is 0.390. The molecule has 2 fully saturated rings. The Hall–Kier alpha value is -1.73. The summed E-state index contributed by atoms with van der Waals surface area (Å²) in [6, 6.07) is 7.55. The van der Waals surface area contributed by atoms with E-state index in [1.165, 1.54) is 19.3 Å². The van der Waals surface area contributed by atoms with Gasteiger partial charge in [0.1, 0.15) is 5.75 Å². The van der Waals surface area contributed by atoms with Crippen LogP contribution in [0.1, 0.15) is 39.5 Å². The molecule has 2 saturated carbocycles. The molecule has 23 heavy (non-hydrogen) atoms. The summed E-state index contributed by atoms with van der Waals surface area (Å²) in [7, 11) is 0. The van der Waals surface area contributed by atoms with Crippen LogP contribution >= 0.6 is 11.6 Å². The standard InChI is InChI=1S/C18H22ClN3O/c1-18(2,23-15-7-5-14(19)6-8-15)17(21-11-20)22-16-10-12-3-4-13(16)9-12/h5-8,12-13,16H,3-4,9-10H2,1-2H3,(H,21,22). The number of nitriles is 1. The van der Waals surface area contributed by atoms with E-state index in [-0.39, 0.29) is 0 Å². The molecule has 1 N–H and O–H groups in total. The van der Waals surface area contributed by atoms with Crippen molar-refractivity contribution in [3.8, 4) is 11.9 Å². The molecule has 1 aromatic rings. The van der Waals surface area contributed by atoms with E-state index >= 15 is 0 Å². The van der Waals surface area contributed by atoms with Gasteiger partial charge in [0.2, 0.25) is 0 Å². The smallest absolute Gasteiger partial charge is 0.182 e.